The van der Waals surface area contributed by atoms with Gasteiger partial charge in [0, 0.05) is 81.8 Å². The third-order valence-electron chi connectivity index (χ3n) is 6.98. The molecule has 2 aromatic heterocycles. The molecule has 2 fully saturated rings. The molecule has 8 heteroatoms. The molecule has 5 heterocycles. The molecule has 2 aromatic rings. The summed E-state index contributed by atoms with van der Waals surface area (Å²) in [7, 11) is 0. The average molecular weight is 423 g/mol. The van der Waals surface area contributed by atoms with Crippen LogP contribution in [0.15, 0.2) is 41.5 Å². The van der Waals surface area contributed by atoms with E-state index in [2.05, 4.69) is 31.2 Å². The van der Waals surface area contributed by atoms with Gasteiger partial charge in [-0.3, -0.25) is 9.59 Å². The van der Waals surface area contributed by atoms with Gasteiger partial charge in [-0.05, 0) is 37.3 Å². The minimum absolute atomic E-state index is 0.0689. The van der Waals surface area contributed by atoms with Crippen LogP contribution in [0.2, 0.25) is 0 Å². The van der Waals surface area contributed by atoms with Crippen LogP contribution in [-0.2, 0) is 11.3 Å². The summed E-state index contributed by atoms with van der Waals surface area (Å²) in [5, 5.41) is 3.16. The molecule has 3 aliphatic heterocycles. The molecular formula is C23H30N6O2. The Hall–Kier alpha value is -2.74. The van der Waals surface area contributed by atoms with Gasteiger partial charge < -0.3 is 19.7 Å². The number of anilines is 1. The third-order valence-corrected chi connectivity index (χ3v) is 6.98. The lowest BCUT2D eigenvalue weighted by atomic mass is 9.83. The minimum Gasteiger partial charge on any atom is -0.355 e. The fraction of sp³-hybridized carbons (Fsp3) is 0.565. The molecule has 2 atom stereocenters. The van der Waals surface area contributed by atoms with Crippen molar-refractivity contribution in [3.8, 4) is 0 Å². The highest BCUT2D eigenvalue weighted by Crippen LogP contribution is 2.34. The molecule has 0 aromatic carbocycles. The number of rotatable bonds is 5. The van der Waals surface area contributed by atoms with Gasteiger partial charge in [0.15, 0.2) is 0 Å². The van der Waals surface area contributed by atoms with Crippen molar-refractivity contribution < 1.29 is 4.79 Å². The van der Waals surface area contributed by atoms with Gasteiger partial charge in [0.1, 0.15) is 0 Å². The van der Waals surface area contributed by atoms with Crippen molar-refractivity contribution >= 4 is 11.9 Å². The molecule has 2 saturated heterocycles. The highest BCUT2D eigenvalue weighted by Gasteiger charge is 2.34. The Balaban J connectivity index is 1.08. The first-order valence-electron chi connectivity index (χ1n) is 11.4. The first-order chi connectivity index (χ1) is 15.2. The largest absolute Gasteiger partial charge is 0.355 e. The van der Waals surface area contributed by atoms with Gasteiger partial charge >= 0.3 is 0 Å². The monoisotopic (exact) mass is 422 g/mol. The van der Waals surface area contributed by atoms with Gasteiger partial charge in [-0.15, -0.1) is 0 Å². The number of nitrogens with zero attached hydrogens (tertiary/aromatic N) is 5. The lowest BCUT2D eigenvalue weighted by molar-refractivity contribution is -0.125. The van der Waals surface area contributed by atoms with Crippen molar-refractivity contribution in [3.05, 3.63) is 52.7 Å². The number of amides is 1. The predicted octanol–water partition coefficient (Wildman–Crippen LogP) is 1.09. The van der Waals surface area contributed by atoms with E-state index in [0.717, 1.165) is 64.5 Å². The van der Waals surface area contributed by atoms with Crippen LogP contribution >= 0.6 is 0 Å². The summed E-state index contributed by atoms with van der Waals surface area (Å²) in [6.07, 6.45) is 6.35. The van der Waals surface area contributed by atoms with E-state index in [4.69, 9.17) is 0 Å². The Bertz CT molecular complexity index is 970. The number of likely N-dealkylation sites (tertiary alicyclic amines) is 1. The standard InChI is InChI=1S/C23H30N6O2/c30-21-4-1-3-20-19-13-17(15-29(20)21)14-27(16-19)12-9-24-22(31)18-5-10-28(11-6-18)23-25-7-2-8-26-23/h1-4,7-8,17-19H,5-6,9-16H2,(H,24,31). The predicted molar refractivity (Wildman–Crippen MR) is 118 cm³/mol. The number of fused-ring (bicyclic) bond motifs is 4. The van der Waals surface area contributed by atoms with Crippen molar-refractivity contribution in [3.63, 3.8) is 0 Å². The second-order valence-electron chi connectivity index (χ2n) is 9.06. The zero-order valence-electron chi connectivity index (χ0n) is 17.8. The van der Waals surface area contributed by atoms with E-state index in [1.54, 1.807) is 18.5 Å². The molecule has 1 N–H and O–H groups in total. The maximum atomic E-state index is 12.7. The van der Waals surface area contributed by atoms with Crippen LogP contribution in [0.4, 0.5) is 5.95 Å². The van der Waals surface area contributed by atoms with Gasteiger partial charge in [-0.25, -0.2) is 9.97 Å². The molecule has 31 heavy (non-hydrogen) atoms. The first kappa shape index (κ1) is 20.2. The molecule has 5 rings (SSSR count). The Kier molecular flexibility index (Phi) is 5.72. The van der Waals surface area contributed by atoms with Crippen LogP contribution in [0.3, 0.4) is 0 Å². The van der Waals surface area contributed by atoms with Gasteiger partial charge in [0.05, 0.1) is 0 Å². The van der Waals surface area contributed by atoms with E-state index in [9.17, 15) is 9.59 Å². The van der Waals surface area contributed by atoms with E-state index >= 15 is 0 Å². The van der Waals surface area contributed by atoms with Crippen LogP contribution in [0.5, 0.6) is 0 Å². The van der Waals surface area contributed by atoms with Crippen molar-refractivity contribution in [2.24, 2.45) is 11.8 Å². The first-order valence-corrected chi connectivity index (χ1v) is 11.4. The zero-order chi connectivity index (χ0) is 21.2. The molecule has 0 saturated carbocycles. The number of piperidine rings is 2. The van der Waals surface area contributed by atoms with E-state index in [1.807, 2.05) is 16.7 Å². The van der Waals surface area contributed by atoms with E-state index in [1.165, 1.54) is 5.69 Å². The number of hydrogen-bond donors (Lipinski definition) is 1. The Morgan fingerprint density at radius 1 is 1.06 bits per heavy atom. The number of pyridine rings is 1. The molecule has 0 radical (unpaired) electrons. The van der Waals surface area contributed by atoms with Gasteiger partial charge in [-0.2, -0.15) is 0 Å². The second kappa shape index (κ2) is 8.78. The number of carbonyl (C=O) groups is 1. The van der Waals surface area contributed by atoms with Crippen LogP contribution < -0.4 is 15.8 Å². The van der Waals surface area contributed by atoms with Gasteiger partial charge in [-0.1, -0.05) is 6.07 Å². The summed E-state index contributed by atoms with van der Waals surface area (Å²) in [5.74, 6) is 1.93. The summed E-state index contributed by atoms with van der Waals surface area (Å²) in [4.78, 5) is 38.0. The number of nitrogens with one attached hydrogen (secondary N) is 1. The maximum absolute atomic E-state index is 12.7. The summed E-state index contributed by atoms with van der Waals surface area (Å²) < 4.78 is 1.96. The molecule has 2 unspecified atom stereocenters. The molecular weight excluding hydrogens is 392 g/mol. The van der Waals surface area contributed by atoms with Crippen molar-refractivity contribution in [2.45, 2.75) is 31.7 Å². The third kappa shape index (κ3) is 4.35. The lowest BCUT2D eigenvalue weighted by Crippen LogP contribution is -2.49. The summed E-state index contributed by atoms with van der Waals surface area (Å²) in [6, 6.07) is 7.45. The Morgan fingerprint density at radius 3 is 2.68 bits per heavy atom. The maximum Gasteiger partial charge on any atom is 0.250 e. The normalized spacial score (nSPS) is 23.9. The number of aromatic nitrogens is 3. The molecule has 0 aliphatic carbocycles. The minimum atomic E-state index is 0.0689. The molecule has 164 valence electrons. The lowest BCUT2D eigenvalue weighted by Gasteiger charge is -2.42. The summed E-state index contributed by atoms with van der Waals surface area (Å²) >= 11 is 0. The zero-order valence-corrected chi connectivity index (χ0v) is 17.8. The SMILES string of the molecule is O=C(NCCN1CC2CC(C1)c1cccc(=O)n1C2)C1CCN(c2ncccn2)CC1. The highest BCUT2D eigenvalue weighted by molar-refractivity contribution is 5.78. The van der Waals surface area contributed by atoms with Crippen molar-refractivity contribution in [2.75, 3.05) is 44.2 Å². The van der Waals surface area contributed by atoms with Gasteiger partial charge in [0.2, 0.25) is 11.9 Å². The van der Waals surface area contributed by atoms with Crippen LogP contribution in [0, 0.1) is 11.8 Å². The summed E-state index contributed by atoms with van der Waals surface area (Å²) in [6.45, 7) is 5.97. The Morgan fingerprint density at radius 2 is 1.87 bits per heavy atom. The number of carbonyl (C=O) groups excluding carboxylic acids is 1. The summed E-state index contributed by atoms with van der Waals surface area (Å²) in [5.41, 5.74) is 1.30. The van der Waals surface area contributed by atoms with E-state index in [0.29, 0.717) is 18.4 Å². The topological polar surface area (TPSA) is 83.4 Å². The highest BCUT2D eigenvalue weighted by atomic mass is 16.2. The van der Waals surface area contributed by atoms with E-state index < -0.39 is 0 Å². The molecule has 0 spiro atoms. The van der Waals surface area contributed by atoms with Crippen LogP contribution in [0.25, 0.3) is 0 Å². The average Bonchev–Trinajstić information content (AvgIpc) is 2.80. The molecule has 1 amide bonds. The van der Waals surface area contributed by atoms with Crippen LogP contribution in [-0.4, -0.2) is 64.6 Å². The smallest absolute Gasteiger partial charge is 0.250 e. The fourth-order valence-electron chi connectivity index (χ4n) is 5.46. The second-order valence-corrected chi connectivity index (χ2v) is 9.06. The molecule has 2 bridgehead atoms. The van der Waals surface area contributed by atoms with Gasteiger partial charge in [0.25, 0.3) is 5.56 Å². The quantitative estimate of drug-likeness (QED) is 0.777. The molecule has 3 aliphatic rings. The van der Waals surface area contributed by atoms with Crippen molar-refractivity contribution in [1.29, 1.82) is 0 Å². The van der Waals surface area contributed by atoms with Crippen LogP contribution in [0.1, 0.15) is 30.9 Å². The fourth-order valence-corrected chi connectivity index (χ4v) is 5.46. The Labute approximate surface area is 182 Å². The van der Waals surface area contributed by atoms with E-state index in [-0.39, 0.29) is 17.4 Å². The molecule has 8 nitrogen and oxygen atoms in total. The van der Waals surface area contributed by atoms with Crippen molar-refractivity contribution in [1.82, 2.24) is 24.8 Å². The number of hydrogen-bond acceptors (Lipinski definition) is 6.